The first-order valence-electron chi connectivity index (χ1n) is 6.99. The average Bonchev–Trinajstić information content (AvgIpc) is 2.93. The SMILES string of the molecule is CCCNC(Cc1ccccn1)c1nccn1CC. The molecular formula is C15H22N4. The minimum Gasteiger partial charge on any atom is -0.334 e. The lowest BCUT2D eigenvalue weighted by atomic mass is 10.1. The van der Waals surface area contributed by atoms with Crippen LogP contribution in [0.1, 0.15) is 37.8 Å². The van der Waals surface area contributed by atoms with Crippen molar-refractivity contribution in [1.29, 1.82) is 0 Å². The summed E-state index contributed by atoms with van der Waals surface area (Å²) in [6.45, 7) is 6.26. The van der Waals surface area contributed by atoms with Crippen molar-refractivity contribution < 1.29 is 0 Å². The molecule has 0 fully saturated rings. The summed E-state index contributed by atoms with van der Waals surface area (Å²) in [6, 6.07) is 6.28. The monoisotopic (exact) mass is 258 g/mol. The fraction of sp³-hybridized carbons (Fsp3) is 0.467. The number of imidazole rings is 1. The summed E-state index contributed by atoms with van der Waals surface area (Å²) in [4.78, 5) is 8.92. The van der Waals surface area contributed by atoms with Gasteiger partial charge >= 0.3 is 0 Å². The smallest absolute Gasteiger partial charge is 0.126 e. The summed E-state index contributed by atoms with van der Waals surface area (Å²) in [6.07, 6.45) is 7.74. The summed E-state index contributed by atoms with van der Waals surface area (Å²) < 4.78 is 2.19. The van der Waals surface area contributed by atoms with E-state index >= 15 is 0 Å². The van der Waals surface area contributed by atoms with Gasteiger partial charge in [0.2, 0.25) is 0 Å². The fourth-order valence-corrected chi connectivity index (χ4v) is 2.20. The van der Waals surface area contributed by atoms with Gasteiger partial charge in [0, 0.05) is 37.3 Å². The Kier molecular flexibility index (Phi) is 5.10. The number of rotatable bonds is 7. The van der Waals surface area contributed by atoms with Gasteiger partial charge in [-0.05, 0) is 32.0 Å². The normalized spacial score (nSPS) is 12.5. The standard InChI is InChI=1S/C15H22N4/c1-3-8-17-14(12-13-7-5-6-9-16-13)15-18-10-11-19(15)4-2/h5-7,9-11,14,17H,3-4,8,12H2,1-2H3. The summed E-state index contributed by atoms with van der Waals surface area (Å²) in [5, 5.41) is 3.57. The lowest BCUT2D eigenvalue weighted by Gasteiger charge is -2.18. The van der Waals surface area contributed by atoms with E-state index in [2.05, 4.69) is 39.8 Å². The highest BCUT2D eigenvalue weighted by molar-refractivity contribution is 5.09. The first-order chi connectivity index (χ1) is 9.35. The van der Waals surface area contributed by atoms with E-state index in [1.54, 1.807) is 0 Å². The van der Waals surface area contributed by atoms with Gasteiger partial charge in [0.15, 0.2) is 0 Å². The third-order valence-electron chi connectivity index (χ3n) is 3.18. The zero-order valence-corrected chi connectivity index (χ0v) is 11.7. The van der Waals surface area contributed by atoms with Crippen LogP contribution in [0.15, 0.2) is 36.8 Å². The Bertz CT molecular complexity index is 478. The van der Waals surface area contributed by atoms with Gasteiger partial charge in [0.05, 0.1) is 6.04 Å². The molecule has 0 aliphatic carbocycles. The van der Waals surface area contributed by atoms with Gasteiger partial charge < -0.3 is 9.88 Å². The quantitative estimate of drug-likeness (QED) is 0.830. The van der Waals surface area contributed by atoms with Crippen LogP contribution in [0.3, 0.4) is 0 Å². The molecule has 2 heterocycles. The first kappa shape index (κ1) is 13.7. The molecule has 102 valence electrons. The van der Waals surface area contributed by atoms with E-state index in [0.717, 1.165) is 37.4 Å². The molecular weight excluding hydrogens is 236 g/mol. The maximum atomic E-state index is 4.51. The van der Waals surface area contributed by atoms with E-state index in [-0.39, 0.29) is 6.04 Å². The van der Waals surface area contributed by atoms with Crippen molar-refractivity contribution in [3.05, 3.63) is 48.3 Å². The zero-order valence-electron chi connectivity index (χ0n) is 11.7. The van der Waals surface area contributed by atoms with Crippen LogP contribution in [0.2, 0.25) is 0 Å². The highest BCUT2D eigenvalue weighted by atomic mass is 15.1. The van der Waals surface area contributed by atoms with E-state index in [9.17, 15) is 0 Å². The van der Waals surface area contributed by atoms with Gasteiger partial charge in [0.25, 0.3) is 0 Å². The van der Waals surface area contributed by atoms with Crippen molar-refractivity contribution in [2.75, 3.05) is 6.54 Å². The number of pyridine rings is 1. The van der Waals surface area contributed by atoms with Crippen molar-refractivity contribution in [2.24, 2.45) is 0 Å². The Morgan fingerprint density at radius 1 is 1.21 bits per heavy atom. The molecule has 1 unspecified atom stereocenters. The van der Waals surface area contributed by atoms with E-state index in [4.69, 9.17) is 0 Å². The van der Waals surface area contributed by atoms with Crippen LogP contribution in [0, 0.1) is 0 Å². The number of hydrogen-bond donors (Lipinski definition) is 1. The summed E-state index contributed by atoms with van der Waals surface area (Å²) in [7, 11) is 0. The van der Waals surface area contributed by atoms with Crippen LogP contribution >= 0.6 is 0 Å². The van der Waals surface area contributed by atoms with Gasteiger partial charge in [-0.1, -0.05) is 13.0 Å². The second kappa shape index (κ2) is 7.04. The molecule has 0 aliphatic heterocycles. The molecule has 2 aromatic rings. The molecule has 4 nitrogen and oxygen atoms in total. The minimum atomic E-state index is 0.227. The molecule has 19 heavy (non-hydrogen) atoms. The third-order valence-corrected chi connectivity index (χ3v) is 3.18. The van der Waals surface area contributed by atoms with Crippen LogP contribution in [0.4, 0.5) is 0 Å². The Hall–Kier alpha value is -1.68. The fourth-order valence-electron chi connectivity index (χ4n) is 2.20. The topological polar surface area (TPSA) is 42.7 Å². The highest BCUT2D eigenvalue weighted by Gasteiger charge is 2.16. The molecule has 1 atom stereocenters. The van der Waals surface area contributed by atoms with Crippen molar-refractivity contribution >= 4 is 0 Å². The van der Waals surface area contributed by atoms with Crippen molar-refractivity contribution in [3.63, 3.8) is 0 Å². The molecule has 4 heteroatoms. The Balaban J connectivity index is 2.16. The number of nitrogens with zero attached hydrogens (tertiary/aromatic N) is 3. The van der Waals surface area contributed by atoms with Crippen LogP contribution in [0.25, 0.3) is 0 Å². The van der Waals surface area contributed by atoms with Crippen LogP contribution in [-0.2, 0) is 13.0 Å². The number of aromatic nitrogens is 3. The predicted octanol–water partition coefficient (Wildman–Crippen LogP) is 2.58. The Labute approximate surface area is 114 Å². The number of hydrogen-bond acceptors (Lipinski definition) is 3. The van der Waals surface area contributed by atoms with Gasteiger partial charge in [-0.25, -0.2) is 4.98 Å². The maximum absolute atomic E-state index is 4.51. The van der Waals surface area contributed by atoms with Crippen molar-refractivity contribution in [2.45, 2.75) is 39.3 Å². The molecule has 1 N–H and O–H groups in total. The maximum Gasteiger partial charge on any atom is 0.126 e. The summed E-state index contributed by atoms with van der Waals surface area (Å²) in [5.41, 5.74) is 1.10. The third kappa shape index (κ3) is 3.64. The molecule has 0 aliphatic rings. The van der Waals surface area contributed by atoms with E-state index in [1.165, 1.54) is 0 Å². The average molecular weight is 258 g/mol. The first-order valence-corrected chi connectivity index (χ1v) is 6.99. The molecule has 0 aromatic carbocycles. The van der Waals surface area contributed by atoms with Crippen molar-refractivity contribution in [1.82, 2.24) is 19.9 Å². The van der Waals surface area contributed by atoms with Crippen LogP contribution in [-0.4, -0.2) is 21.1 Å². The van der Waals surface area contributed by atoms with E-state index in [1.807, 2.05) is 30.7 Å². The molecule has 0 saturated carbocycles. The van der Waals surface area contributed by atoms with E-state index in [0.29, 0.717) is 0 Å². The van der Waals surface area contributed by atoms with Crippen LogP contribution in [0.5, 0.6) is 0 Å². The molecule has 0 bridgehead atoms. The molecule has 0 spiro atoms. The van der Waals surface area contributed by atoms with Crippen molar-refractivity contribution in [3.8, 4) is 0 Å². The predicted molar refractivity (Wildman–Crippen MR) is 76.9 cm³/mol. The second-order valence-electron chi connectivity index (χ2n) is 4.60. The largest absolute Gasteiger partial charge is 0.334 e. The second-order valence-corrected chi connectivity index (χ2v) is 4.60. The lowest BCUT2D eigenvalue weighted by Crippen LogP contribution is -2.27. The molecule has 0 radical (unpaired) electrons. The van der Waals surface area contributed by atoms with Gasteiger partial charge in [0.1, 0.15) is 5.82 Å². The molecule has 2 aromatic heterocycles. The van der Waals surface area contributed by atoms with E-state index < -0.39 is 0 Å². The highest BCUT2D eigenvalue weighted by Crippen LogP contribution is 2.16. The molecule has 0 saturated heterocycles. The number of nitrogens with one attached hydrogen (secondary N) is 1. The molecule has 0 amide bonds. The summed E-state index contributed by atoms with van der Waals surface area (Å²) >= 11 is 0. The zero-order chi connectivity index (χ0) is 13.5. The number of aryl methyl sites for hydroxylation is 1. The van der Waals surface area contributed by atoms with Crippen LogP contribution < -0.4 is 5.32 Å². The Morgan fingerprint density at radius 3 is 2.79 bits per heavy atom. The van der Waals surface area contributed by atoms with Gasteiger partial charge in [-0.3, -0.25) is 4.98 Å². The molecule has 2 rings (SSSR count). The minimum absolute atomic E-state index is 0.227. The van der Waals surface area contributed by atoms with Gasteiger partial charge in [-0.2, -0.15) is 0 Å². The lowest BCUT2D eigenvalue weighted by molar-refractivity contribution is 0.478. The summed E-state index contributed by atoms with van der Waals surface area (Å²) in [5.74, 6) is 1.10. The van der Waals surface area contributed by atoms with Gasteiger partial charge in [-0.15, -0.1) is 0 Å². The Morgan fingerprint density at radius 2 is 2.11 bits per heavy atom.